The Kier molecular flexibility index (Phi) is 6.61. The molecule has 3 rings (SSSR count). The Bertz CT molecular complexity index is 989. The van der Waals surface area contributed by atoms with Gasteiger partial charge >= 0.3 is 0 Å². The van der Waals surface area contributed by atoms with Gasteiger partial charge in [-0.1, -0.05) is 11.8 Å². The van der Waals surface area contributed by atoms with Crippen LogP contribution in [0.1, 0.15) is 5.82 Å². The molecular weight excluding hydrogens is 392 g/mol. The number of aryl methyl sites for hydroxylation is 1. The average Bonchev–Trinajstić information content (AvgIpc) is 3.12. The largest absolute Gasteiger partial charge is 0.497 e. The lowest BCUT2D eigenvalue weighted by Crippen LogP contribution is -2.15. The van der Waals surface area contributed by atoms with Gasteiger partial charge in [0.2, 0.25) is 5.91 Å². The van der Waals surface area contributed by atoms with E-state index in [-0.39, 0.29) is 11.7 Å². The zero-order valence-electron chi connectivity index (χ0n) is 16.6. The summed E-state index contributed by atoms with van der Waals surface area (Å²) in [7, 11) is 4.74. The molecule has 0 fully saturated rings. The lowest BCUT2D eigenvalue weighted by molar-refractivity contribution is -0.113. The van der Waals surface area contributed by atoms with Crippen LogP contribution in [0, 0.1) is 6.92 Å². The number of carbonyl (C=O) groups excluding carboxylic acids is 1. The third-order valence-corrected chi connectivity index (χ3v) is 5.07. The van der Waals surface area contributed by atoms with E-state index in [1.807, 2.05) is 35.8 Å². The molecule has 1 N–H and O–H groups in total. The number of rotatable bonds is 8. The standard InChI is InChI=1S/C20H22N4O4S/c1-13-22-23-20(24(13)14-5-7-15(26-2)8-6-14)29-12-19(25)21-17-11-16(27-3)9-10-18(17)28-4/h5-11H,12H2,1-4H3,(H,21,25). The monoisotopic (exact) mass is 414 g/mol. The van der Waals surface area contributed by atoms with Gasteiger partial charge in [0, 0.05) is 11.8 Å². The van der Waals surface area contributed by atoms with Gasteiger partial charge in [0.1, 0.15) is 23.1 Å². The van der Waals surface area contributed by atoms with E-state index >= 15 is 0 Å². The number of benzene rings is 2. The van der Waals surface area contributed by atoms with Crippen molar-refractivity contribution in [3.8, 4) is 22.9 Å². The number of nitrogens with zero attached hydrogens (tertiary/aromatic N) is 3. The number of amides is 1. The molecular formula is C20H22N4O4S. The van der Waals surface area contributed by atoms with Gasteiger partial charge in [-0.05, 0) is 43.3 Å². The first-order valence-corrected chi connectivity index (χ1v) is 9.75. The molecule has 29 heavy (non-hydrogen) atoms. The van der Waals surface area contributed by atoms with Crippen molar-refractivity contribution in [1.82, 2.24) is 14.8 Å². The van der Waals surface area contributed by atoms with Gasteiger partial charge in [-0.3, -0.25) is 9.36 Å². The highest BCUT2D eigenvalue weighted by Gasteiger charge is 2.15. The Balaban J connectivity index is 1.71. The summed E-state index contributed by atoms with van der Waals surface area (Å²) in [5, 5.41) is 11.8. The van der Waals surface area contributed by atoms with Gasteiger partial charge in [-0.2, -0.15) is 0 Å². The SMILES string of the molecule is COc1ccc(-n2c(C)nnc2SCC(=O)Nc2cc(OC)ccc2OC)cc1. The highest BCUT2D eigenvalue weighted by atomic mass is 32.2. The van der Waals surface area contributed by atoms with Crippen molar-refractivity contribution in [3.63, 3.8) is 0 Å². The maximum atomic E-state index is 12.5. The minimum Gasteiger partial charge on any atom is -0.497 e. The van der Waals surface area contributed by atoms with Crippen molar-refractivity contribution in [3.05, 3.63) is 48.3 Å². The number of methoxy groups -OCH3 is 3. The van der Waals surface area contributed by atoms with Crippen molar-refractivity contribution in [2.75, 3.05) is 32.4 Å². The van der Waals surface area contributed by atoms with Crippen LogP contribution in [0.5, 0.6) is 17.2 Å². The Morgan fingerprint density at radius 3 is 2.34 bits per heavy atom. The van der Waals surface area contributed by atoms with Crippen molar-refractivity contribution < 1.29 is 19.0 Å². The Morgan fingerprint density at radius 1 is 1.00 bits per heavy atom. The molecule has 152 valence electrons. The molecule has 0 radical (unpaired) electrons. The van der Waals surface area contributed by atoms with Crippen LogP contribution in [0.2, 0.25) is 0 Å². The molecule has 1 aromatic heterocycles. The van der Waals surface area contributed by atoms with Crippen molar-refractivity contribution >= 4 is 23.4 Å². The lowest BCUT2D eigenvalue weighted by Gasteiger charge is -2.12. The van der Waals surface area contributed by atoms with E-state index in [2.05, 4.69) is 15.5 Å². The second kappa shape index (κ2) is 9.33. The first-order valence-electron chi connectivity index (χ1n) is 8.77. The fraction of sp³-hybridized carbons (Fsp3) is 0.250. The molecule has 0 saturated heterocycles. The zero-order chi connectivity index (χ0) is 20.8. The molecule has 1 amide bonds. The smallest absolute Gasteiger partial charge is 0.234 e. The molecule has 0 unspecified atom stereocenters. The number of carbonyl (C=O) groups is 1. The van der Waals surface area contributed by atoms with Gasteiger partial charge < -0.3 is 19.5 Å². The van der Waals surface area contributed by atoms with E-state index in [0.717, 1.165) is 17.3 Å². The second-order valence-corrected chi connectivity index (χ2v) is 6.91. The molecule has 0 aliphatic rings. The van der Waals surface area contributed by atoms with Crippen LogP contribution in [-0.2, 0) is 4.79 Å². The normalized spacial score (nSPS) is 10.5. The average molecular weight is 414 g/mol. The van der Waals surface area contributed by atoms with Gasteiger partial charge in [0.15, 0.2) is 5.16 Å². The maximum Gasteiger partial charge on any atom is 0.234 e. The topological polar surface area (TPSA) is 87.5 Å². The predicted molar refractivity (Wildman–Crippen MR) is 112 cm³/mol. The summed E-state index contributed by atoms with van der Waals surface area (Å²) < 4.78 is 17.6. The summed E-state index contributed by atoms with van der Waals surface area (Å²) in [5.41, 5.74) is 1.44. The molecule has 9 heteroatoms. The predicted octanol–water partition coefficient (Wildman–Crippen LogP) is 3.33. The quantitative estimate of drug-likeness (QED) is 0.566. The summed E-state index contributed by atoms with van der Waals surface area (Å²) in [6, 6.07) is 12.8. The second-order valence-electron chi connectivity index (χ2n) is 5.97. The van der Waals surface area contributed by atoms with E-state index in [1.165, 1.54) is 11.8 Å². The van der Waals surface area contributed by atoms with Crippen LogP contribution in [0.25, 0.3) is 5.69 Å². The molecule has 0 atom stereocenters. The molecule has 2 aromatic carbocycles. The summed E-state index contributed by atoms with van der Waals surface area (Å²) in [4.78, 5) is 12.5. The molecule has 0 aliphatic heterocycles. The van der Waals surface area contributed by atoms with E-state index in [4.69, 9.17) is 14.2 Å². The number of ether oxygens (including phenoxy) is 3. The number of hydrogen-bond acceptors (Lipinski definition) is 7. The van der Waals surface area contributed by atoms with Gasteiger partial charge in [0.05, 0.1) is 32.8 Å². The number of anilines is 1. The highest BCUT2D eigenvalue weighted by Crippen LogP contribution is 2.29. The van der Waals surface area contributed by atoms with Crippen molar-refractivity contribution in [2.45, 2.75) is 12.1 Å². The van der Waals surface area contributed by atoms with Crippen LogP contribution in [-0.4, -0.2) is 47.8 Å². The fourth-order valence-corrected chi connectivity index (χ4v) is 3.49. The molecule has 0 saturated carbocycles. The maximum absolute atomic E-state index is 12.5. The Hall–Kier alpha value is -3.20. The van der Waals surface area contributed by atoms with E-state index in [1.54, 1.807) is 39.5 Å². The highest BCUT2D eigenvalue weighted by molar-refractivity contribution is 7.99. The van der Waals surface area contributed by atoms with Gasteiger partial charge in [-0.15, -0.1) is 10.2 Å². The van der Waals surface area contributed by atoms with Crippen LogP contribution in [0.4, 0.5) is 5.69 Å². The van der Waals surface area contributed by atoms with E-state index < -0.39 is 0 Å². The number of hydrogen-bond donors (Lipinski definition) is 1. The lowest BCUT2D eigenvalue weighted by atomic mass is 10.2. The third-order valence-electron chi connectivity index (χ3n) is 4.14. The number of thioether (sulfide) groups is 1. The van der Waals surface area contributed by atoms with E-state index in [9.17, 15) is 4.79 Å². The molecule has 0 spiro atoms. The Labute approximate surface area is 173 Å². The summed E-state index contributed by atoms with van der Waals surface area (Å²) in [5.74, 6) is 2.65. The molecule has 3 aromatic rings. The molecule has 0 aliphatic carbocycles. The van der Waals surface area contributed by atoms with Crippen LogP contribution < -0.4 is 19.5 Å². The zero-order valence-corrected chi connectivity index (χ0v) is 17.4. The Morgan fingerprint density at radius 2 is 1.69 bits per heavy atom. The van der Waals surface area contributed by atoms with Gasteiger partial charge in [0.25, 0.3) is 0 Å². The fourth-order valence-electron chi connectivity index (χ4n) is 2.69. The van der Waals surface area contributed by atoms with E-state index in [0.29, 0.717) is 22.3 Å². The van der Waals surface area contributed by atoms with Crippen LogP contribution in [0.15, 0.2) is 47.6 Å². The third kappa shape index (κ3) is 4.80. The first kappa shape index (κ1) is 20.5. The number of nitrogens with one attached hydrogen (secondary N) is 1. The minimum absolute atomic E-state index is 0.161. The molecule has 8 nitrogen and oxygen atoms in total. The molecule has 0 bridgehead atoms. The van der Waals surface area contributed by atoms with Crippen molar-refractivity contribution in [2.24, 2.45) is 0 Å². The van der Waals surface area contributed by atoms with Crippen LogP contribution >= 0.6 is 11.8 Å². The van der Waals surface area contributed by atoms with Crippen LogP contribution in [0.3, 0.4) is 0 Å². The summed E-state index contributed by atoms with van der Waals surface area (Å²) in [6.07, 6.45) is 0. The summed E-state index contributed by atoms with van der Waals surface area (Å²) in [6.45, 7) is 1.86. The van der Waals surface area contributed by atoms with Gasteiger partial charge in [-0.25, -0.2) is 0 Å². The molecule has 1 heterocycles. The van der Waals surface area contributed by atoms with Crippen molar-refractivity contribution in [1.29, 1.82) is 0 Å². The minimum atomic E-state index is -0.191. The first-order chi connectivity index (χ1) is 14.0. The summed E-state index contributed by atoms with van der Waals surface area (Å²) >= 11 is 1.30. The number of aromatic nitrogens is 3.